The molecule has 0 fully saturated rings. The van der Waals surface area contributed by atoms with E-state index in [9.17, 15) is 0 Å². The van der Waals surface area contributed by atoms with Crippen molar-refractivity contribution < 1.29 is 0 Å². The average Bonchev–Trinajstić information content (AvgIpc) is 2.13. The number of hydrogen-bond donors (Lipinski definition) is 1. The van der Waals surface area contributed by atoms with E-state index < -0.39 is 0 Å². The fraction of sp³-hybridized carbons (Fsp3) is 1.00. The van der Waals surface area contributed by atoms with Gasteiger partial charge in [0.1, 0.15) is 0 Å². The molecule has 0 aliphatic heterocycles. The molecule has 3 atom stereocenters. The number of hydrogen-bond acceptors (Lipinski definition) is 1. The van der Waals surface area contributed by atoms with Crippen molar-refractivity contribution >= 4 is 0 Å². The molecule has 0 aliphatic rings. The van der Waals surface area contributed by atoms with Gasteiger partial charge in [0.25, 0.3) is 0 Å². The summed E-state index contributed by atoms with van der Waals surface area (Å²) in [5, 5.41) is 0. The molecule has 0 saturated heterocycles. The molecule has 1 heteroatoms. The van der Waals surface area contributed by atoms with Crippen LogP contribution in [0.3, 0.4) is 0 Å². The predicted molar refractivity (Wildman–Crippen MR) is 69.9 cm³/mol. The van der Waals surface area contributed by atoms with Crippen molar-refractivity contribution in [2.45, 2.75) is 60.8 Å². The zero-order chi connectivity index (χ0) is 12.1. The van der Waals surface area contributed by atoms with Gasteiger partial charge < -0.3 is 5.73 Å². The van der Waals surface area contributed by atoms with Gasteiger partial charge in [-0.15, -0.1) is 0 Å². The molecule has 2 N–H and O–H groups in total. The third-order valence-electron chi connectivity index (χ3n) is 3.53. The Kier molecular flexibility index (Phi) is 6.51. The minimum absolute atomic E-state index is 0.465. The summed E-state index contributed by atoms with van der Waals surface area (Å²) in [5.41, 5.74) is 6.18. The van der Waals surface area contributed by atoms with Gasteiger partial charge in [-0.2, -0.15) is 0 Å². The Morgan fingerprint density at radius 2 is 1.60 bits per heavy atom. The van der Waals surface area contributed by atoms with E-state index in [1.54, 1.807) is 0 Å². The van der Waals surface area contributed by atoms with Crippen LogP contribution in [0.4, 0.5) is 0 Å². The summed E-state index contributed by atoms with van der Waals surface area (Å²) in [4.78, 5) is 0. The highest BCUT2D eigenvalue weighted by atomic mass is 14.5. The van der Waals surface area contributed by atoms with Crippen molar-refractivity contribution in [3.05, 3.63) is 0 Å². The minimum atomic E-state index is 0.465. The van der Waals surface area contributed by atoms with Crippen LogP contribution in [0.1, 0.15) is 60.8 Å². The predicted octanol–water partition coefficient (Wildman–Crippen LogP) is 4.07. The van der Waals surface area contributed by atoms with Crippen LogP contribution >= 0.6 is 0 Å². The summed E-state index contributed by atoms with van der Waals surface area (Å²) in [6.45, 7) is 14.8. The van der Waals surface area contributed by atoms with Gasteiger partial charge >= 0.3 is 0 Å². The van der Waals surface area contributed by atoms with Crippen molar-refractivity contribution in [1.82, 2.24) is 0 Å². The standard InChI is InChI=1S/C14H31N/c1-7-13(9-14(4,5)6)8-11(2)12(3)10-15/h11-13H,7-10,15H2,1-6H3. The minimum Gasteiger partial charge on any atom is -0.330 e. The molecule has 92 valence electrons. The van der Waals surface area contributed by atoms with Crippen LogP contribution in [0.5, 0.6) is 0 Å². The van der Waals surface area contributed by atoms with Crippen molar-refractivity contribution in [3.63, 3.8) is 0 Å². The zero-order valence-corrected chi connectivity index (χ0v) is 11.6. The molecular weight excluding hydrogens is 182 g/mol. The smallest absolute Gasteiger partial charge is 0.00490 e. The molecule has 0 aromatic rings. The first kappa shape index (κ1) is 15.0. The highest BCUT2D eigenvalue weighted by Crippen LogP contribution is 2.31. The number of rotatable bonds is 6. The first-order valence-corrected chi connectivity index (χ1v) is 6.50. The Bertz CT molecular complexity index is 157. The van der Waals surface area contributed by atoms with Crippen LogP contribution in [0.15, 0.2) is 0 Å². The van der Waals surface area contributed by atoms with E-state index in [-0.39, 0.29) is 0 Å². The second kappa shape index (κ2) is 6.52. The van der Waals surface area contributed by atoms with E-state index in [2.05, 4.69) is 41.5 Å². The summed E-state index contributed by atoms with van der Waals surface area (Å²) in [7, 11) is 0. The molecule has 0 amide bonds. The van der Waals surface area contributed by atoms with Crippen LogP contribution in [0.25, 0.3) is 0 Å². The Morgan fingerprint density at radius 1 is 1.07 bits per heavy atom. The lowest BCUT2D eigenvalue weighted by Gasteiger charge is -2.29. The maximum absolute atomic E-state index is 5.72. The zero-order valence-electron chi connectivity index (χ0n) is 11.6. The third kappa shape index (κ3) is 6.94. The second-order valence-corrected chi connectivity index (χ2v) is 6.47. The molecular formula is C14H31N. The molecule has 0 aromatic carbocycles. The Hall–Kier alpha value is -0.0400. The fourth-order valence-corrected chi connectivity index (χ4v) is 2.25. The van der Waals surface area contributed by atoms with Gasteiger partial charge in [0.05, 0.1) is 0 Å². The molecule has 0 heterocycles. The van der Waals surface area contributed by atoms with Gasteiger partial charge in [-0.3, -0.25) is 0 Å². The quantitative estimate of drug-likeness (QED) is 0.707. The van der Waals surface area contributed by atoms with E-state index >= 15 is 0 Å². The lowest BCUT2D eigenvalue weighted by Crippen LogP contribution is -2.22. The normalized spacial score (nSPS) is 18.6. The maximum atomic E-state index is 5.72. The highest BCUT2D eigenvalue weighted by molar-refractivity contribution is 4.72. The lowest BCUT2D eigenvalue weighted by atomic mass is 9.77. The molecule has 0 bridgehead atoms. The van der Waals surface area contributed by atoms with Gasteiger partial charge in [0.15, 0.2) is 0 Å². The van der Waals surface area contributed by atoms with Gasteiger partial charge in [-0.1, -0.05) is 48.0 Å². The van der Waals surface area contributed by atoms with Gasteiger partial charge in [0, 0.05) is 0 Å². The largest absolute Gasteiger partial charge is 0.330 e. The first-order chi connectivity index (χ1) is 6.80. The summed E-state index contributed by atoms with van der Waals surface area (Å²) < 4.78 is 0. The van der Waals surface area contributed by atoms with Crippen LogP contribution in [0, 0.1) is 23.2 Å². The molecule has 0 aliphatic carbocycles. The summed E-state index contributed by atoms with van der Waals surface area (Å²) in [5.74, 6) is 2.30. The van der Waals surface area contributed by atoms with E-state index in [1.165, 1.54) is 19.3 Å². The third-order valence-corrected chi connectivity index (χ3v) is 3.53. The van der Waals surface area contributed by atoms with Gasteiger partial charge in [0.2, 0.25) is 0 Å². The Morgan fingerprint density at radius 3 is 1.93 bits per heavy atom. The van der Waals surface area contributed by atoms with E-state index in [4.69, 9.17) is 5.73 Å². The van der Waals surface area contributed by atoms with Crippen LogP contribution in [-0.4, -0.2) is 6.54 Å². The lowest BCUT2D eigenvalue weighted by molar-refractivity contribution is 0.228. The Balaban J connectivity index is 4.09. The molecule has 0 saturated carbocycles. The van der Waals surface area contributed by atoms with Crippen LogP contribution < -0.4 is 5.73 Å². The molecule has 0 radical (unpaired) electrons. The van der Waals surface area contributed by atoms with Crippen molar-refractivity contribution in [2.75, 3.05) is 6.54 Å². The van der Waals surface area contributed by atoms with Crippen LogP contribution in [0.2, 0.25) is 0 Å². The Labute approximate surface area is 96.8 Å². The second-order valence-electron chi connectivity index (χ2n) is 6.47. The summed E-state index contributed by atoms with van der Waals surface area (Å²) in [6.07, 6.45) is 3.98. The molecule has 1 nitrogen and oxygen atoms in total. The first-order valence-electron chi connectivity index (χ1n) is 6.50. The van der Waals surface area contributed by atoms with E-state index in [0.29, 0.717) is 11.3 Å². The van der Waals surface area contributed by atoms with Gasteiger partial charge in [-0.05, 0) is 42.6 Å². The molecule has 15 heavy (non-hydrogen) atoms. The topological polar surface area (TPSA) is 26.0 Å². The molecule has 0 spiro atoms. The van der Waals surface area contributed by atoms with Crippen molar-refractivity contribution in [1.29, 1.82) is 0 Å². The number of nitrogens with two attached hydrogens (primary N) is 1. The van der Waals surface area contributed by atoms with Crippen molar-refractivity contribution in [3.8, 4) is 0 Å². The van der Waals surface area contributed by atoms with E-state index in [1.807, 2.05) is 0 Å². The average molecular weight is 213 g/mol. The molecule has 3 unspecified atom stereocenters. The monoisotopic (exact) mass is 213 g/mol. The fourth-order valence-electron chi connectivity index (χ4n) is 2.25. The van der Waals surface area contributed by atoms with Crippen molar-refractivity contribution in [2.24, 2.45) is 28.9 Å². The van der Waals surface area contributed by atoms with Gasteiger partial charge in [-0.25, -0.2) is 0 Å². The maximum Gasteiger partial charge on any atom is -0.00490 e. The summed E-state index contributed by atoms with van der Waals surface area (Å²) >= 11 is 0. The summed E-state index contributed by atoms with van der Waals surface area (Å²) in [6, 6.07) is 0. The van der Waals surface area contributed by atoms with Crippen LogP contribution in [-0.2, 0) is 0 Å². The van der Waals surface area contributed by atoms with E-state index in [0.717, 1.165) is 18.4 Å². The SMILES string of the molecule is CCC(CC(C)C(C)CN)CC(C)(C)C. The highest BCUT2D eigenvalue weighted by Gasteiger charge is 2.21. The molecule has 0 aromatic heterocycles. The molecule has 0 rings (SSSR count).